The third-order valence-corrected chi connectivity index (χ3v) is 3.87. The van der Waals surface area contributed by atoms with Crippen LogP contribution in [0, 0.1) is 0 Å². The third kappa shape index (κ3) is 2.63. The number of phenols is 1. The summed E-state index contributed by atoms with van der Waals surface area (Å²) in [6.07, 6.45) is 1.70. The van der Waals surface area contributed by atoms with Crippen molar-refractivity contribution in [1.29, 1.82) is 0 Å². The molecule has 3 rings (SSSR count). The molecule has 1 N–H and O–H groups in total. The van der Waals surface area contributed by atoms with Gasteiger partial charge in [-0.1, -0.05) is 36.4 Å². The molecule has 0 amide bonds. The number of aromatic hydroxyl groups is 1. The molecule has 0 aliphatic rings. The summed E-state index contributed by atoms with van der Waals surface area (Å²) in [5, 5.41) is 11.8. The minimum Gasteiger partial charge on any atom is -0.507 e. The Morgan fingerprint density at radius 3 is 2.50 bits per heavy atom. The fraction of sp³-hybridized carbons (Fsp3) is 0. The van der Waals surface area contributed by atoms with Gasteiger partial charge in [0.05, 0.1) is 5.69 Å². The molecule has 0 atom stereocenters. The van der Waals surface area contributed by atoms with E-state index in [1.165, 1.54) is 4.88 Å². The quantitative estimate of drug-likeness (QED) is 0.681. The van der Waals surface area contributed by atoms with Gasteiger partial charge in [-0.3, -0.25) is 4.99 Å². The van der Waals surface area contributed by atoms with Gasteiger partial charge in [0, 0.05) is 22.2 Å². The highest BCUT2D eigenvalue weighted by Gasteiger charge is 2.04. The van der Waals surface area contributed by atoms with Crippen molar-refractivity contribution in [3.63, 3.8) is 0 Å². The van der Waals surface area contributed by atoms with E-state index in [0.717, 1.165) is 11.3 Å². The zero-order chi connectivity index (χ0) is 13.8. The lowest BCUT2D eigenvalue weighted by Gasteiger charge is -2.03. The molecule has 3 aromatic rings. The number of para-hydroxylation sites is 2. The largest absolute Gasteiger partial charge is 0.507 e. The summed E-state index contributed by atoms with van der Waals surface area (Å²) in [4.78, 5) is 5.70. The predicted molar refractivity (Wildman–Crippen MR) is 85.1 cm³/mol. The van der Waals surface area contributed by atoms with E-state index in [-0.39, 0.29) is 5.75 Å². The van der Waals surface area contributed by atoms with E-state index in [9.17, 15) is 5.11 Å². The summed E-state index contributed by atoms with van der Waals surface area (Å²) < 4.78 is 0. The molecule has 0 fully saturated rings. The Hall–Kier alpha value is -2.39. The molecule has 0 aliphatic carbocycles. The Kier molecular flexibility index (Phi) is 3.61. The van der Waals surface area contributed by atoms with E-state index < -0.39 is 0 Å². The summed E-state index contributed by atoms with van der Waals surface area (Å²) in [5.41, 5.74) is 2.72. The lowest BCUT2D eigenvalue weighted by Crippen LogP contribution is -1.82. The van der Waals surface area contributed by atoms with Crippen molar-refractivity contribution in [3.8, 4) is 16.2 Å². The van der Waals surface area contributed by atoms with Crippen LogP contribution in [0.5, 0.6) is 5.75 Å². The van der Waals surface area contributed by atoms with E-state index in [1.807, 2.05) is 36.4 Å². The first kappa shape index (κ1) is 12.6. The van der Waals surface area contributed by atoms with Crippen LogP contribution >= 0.6 is 11.3 Å². The van der Waals surface area contributed by atoms with Crippen LogP contribution < -0.4 is 0 Å². The average Bonchev–Trinajstić information content (AvgIpc) is 3.01. The topological polar surface area (TPSA) is 32.6 Å². The van der Waals surface area contributed by atoms with Crippen LogP contribution in [-0.2, 0) is 0 Å². The highest BCUT2D eigenvalue weighted by Crippen LogP contribution is 2.33. The van der Waals surface area contributed by atoms with Crippen LogP contribution in [0.3, 0.4) is 0 Å². The van der Waals surface area contributed by atoms with Gasteiger partial charge in [0.2, 0.25) is 0 Å². The van der Waals surface area contributed by atoms with Gasteiger partial charge in [0.25, 0.3) is 0 Å². The maximum absolute atomic E-state index is 9.75. The minimum absolute atomic E-state index is 0.241. The van der Waals surface area contributed by atoms with Crippen LogP contribution in [-0.4, -0.2) is 11.3 Å². The maximum Gasteiger partial charge on any atom is 0.124 e. The Bertz CT molecular complexity index is 732. The Balaban J connectivity index is 1.98. The van der Waals surface area contributed by atoms with E-state index in [4.69, 9.17) is 0 Å². The lowest BCUT2D eigenvalue weighted by atomic mass is 10.1. The van der Waals surface area contributed by atoms with E-state index in [2.05, 4.69) is 22.5 Å². The first-order valence-electron chi connectivity index (χ1n) is 6.29. The fourth-order valence-electron chi connectivity index (χ4n) is 1.96. The van der Waals surface area contributed by atoms with Crippen molar-refractivity contribution in [2.45, 2.75) is 0 Å². The van der Waals surface area contributed by atoms with Gasteiger partial charge < -0.3 is 5.11 Å². The van der Waals surface area contributed by atoms with Gasteiger partial charge in [0.15, 0.2) is 0 Å². The molecule has 2 aromatic carbocycles. The highest BCUT2D eigenvalue weighted by molar-refractivity contribution is 7.13. The third-order valence-electron chi connectivity index (χ3n) is 2.97. The van der Waals surface area contributed by atoms with Gasteiger partial charge in [0.1, 0.15) is 5.75 Å². The first-order valence-corrected chi connectivity index (χ1v) is 7.17. The number of thiophene rings is 1. The number of aliphatic imine (C=N–C) groups is 1. The SMILES string of the molecule is Oc1ccccc1C=Nc1ccccc1-c1cccs1. The molecular formula is C17H13NOS. The fourth-order valence-corrected chi connectivity index (χ4v) is 2.72. The molecule has 3 heteroatoms. The molecular weight excluding hydrogens is 266 g/mol. The average molecular weight is 279 g/mol. The van der Waals surface area contributed by atoms with Gasteiger partial charge in [-0.2, -0.15) is 0 Å². The number of benzene rings is 2. The standard InChI is InChI=1S/C17H13NOS/c19-16-9-4-1-6-13(16)12-18-15-8-3-2-7-14(15)17-10-5-11-20-17/h1-12,19H. The second-order valence-corrected chi connectivity index (χ2v) is 5.26. The second-order valence-electron chi connectivity index (χ2n) is 4.31. The summed E-state index contributed by atoms with van der Waals surface area (Å²) >= 11 is 1.69. The van der Waals surface area contributed by atoms with Crippen LogP contribution in [0.15, 0.2) is 71.0 Å². The van der Waals surface area contributed by atoms with Crippen LogP contribution in [0.2, 0.25) is 0 Å². The Morgan fingerprint density at radius 1 is 0.900 bits per heavy atom. The molecule has 2 nitrogen and oxygen atoms in total. The van der Waals surface area contributed by atoms with Crippen LogP contribution in [0.1, 0.15) is 5.56 Å². The Morgan fingerprint density at radius 2 is 1.70 bits per heavy atom. The van der Waals surface area contributed by atoms with Crippen molar-refractivity contribution in [2.24, 2.45) is 4.99 Å². The van der Waals surface area contributed by atoms with Gasteiger partial charge in [-0.25, -0.2) is 0 Å². The van der Waals surface area contributed by atoms with E-state index in [0.29, 0.717) is 5.56 Å². The molecule has 0 unspecified atom stereocenters. The molecule has 0 aliphatic heterocycles. The molecule has 0 saturated heterocycles. The minimum atomic E-state index is 0.241. The molecule has 98 valence electrons. The number of hydrogen-bond donors (Lipinski definition) is 1. The van der Waals surface area contributed by atoms with Crippen molar-refractivity contribution >= 4 is 23.2 Å². The van der Waals surface area contributed by atoms with Gasteiger partial charge >= 0.3 is 0 Å². The molecule has 0 radical (unpaired) electrons. The molecule has 0 saturated carbocycles. The molecule has 0 spiro atoms. The normalized spacial score (nSPS) is 11.0. The van der Waals surface area contributed by atoms with Crippen LogP contribution in [0.25, 0.3) is 10.4 Å². The van der Waals surface area contributed by atoms with Gasteiger partial charge in [-0.05, 0) is 29.6 Å². The van der Waals surface area contributed by atoms with Crippen molar-refractivity contribution in [1.82, 2.24) is 0 Å². The zero-order valence-corrected chi connectivity index (χ0v) is 11.5. The number of nitrogens with zero attached hydrogens (tertiary/aromatic N) is 1. The van der Waals surface area contributed by atoms with Gasteiger partial charge in [-0.15, -0.1) is 11.3 Å². The number of phenolic OH excluding ortho intramolecular Hbond substituents is 1. The van der Waals surface area contributed by atoms with Crippen molar-refractivity contribution in [3.05, 3.63) is 71.6 Å². The second kappa shape index (κ2) is 5.72. The summed E-state index contributed by atoms with van der Waals surface area (Å²) in [6.45, 7) is 0. The van der Waals surface area contributed by atoms with E-state index in [1.54, 1.807) is 29.7 Å². The molecule has 20 heavy (non-hydrogen) atoms. The lowest BCUT2D eigenvalue weighted by molar-refractivity contribution is 0.474. The summed E-state index contributed by atoms with van der Waals surface area (Å²) in [5.74, 6) is 0.241. The van der Waals surface area contributed by atoms with Crippen molar-refractivity contribution in [2.75, 3.05) is 0 Å². The van der Waals surface area contributed by atoms with Crippen LogP contribution in [0.4, 0.5) is 5.69 Å². The molecule has 0 bridgehead atoms. The molecule has 1 heterocycles. The predicted octanol–water partition coefficient (Wildman–Crippen LogP) is 4.87. The Labute approximate surface area is 121 Å². The first-order chi connectivity index (χ1) is 9.84. The number of hydrogen-bond acceptors (Lipinski definition) is 3. The number of rotatable bonds is 3. The summed E-state index contributed by atoms with van der Waals surface area (Å²) in [7, 11) is 0. The van der Waals surface area contributed by atoms with Crippen molar-refractivity contribution < 1.29 is 5.11 Å². The molecule has 1 aromatic heterocycles. The summed E-state index contributed by atoms with van der Waals surface area (Å²) in [6, 6.07) is 19.3. The monoisotopic (exact) mass is 279 g/mol. The zero-order valence-electron chi connectivity index (χ0n) is 10.7. The maximum atomic E-state index is 9.75. The smallest absolute Gasteiger partial charge is 0.124 e. The van der Waals surface area contributed by atoms with E-state index >= 15 is 0 Å². The highest BCUT2D eigenvalue weighted by atomic mass is 32.1.